The zero-order valence-corrected chi connectivity index (χ0v) is 13.0. The number of nitrogens with one attached hydrogen (secondary N) is 1. The average Bonchev–Trinajstić information content (AvgIpc) is 2.79. The summed E-state index contributed by atoms with van der Waals surface area (Å²) in [6.07, 6.45) is 3.54. The Balaban J connectivity index is 2.17. The highest BCUT2D eigenvalue weighted by molar-refractivity contribution is 5.57. The number of nitro benzene ring substituents is 1. The van der Waals surface area contributed by atoms with Crippen LogP contribution < -0.4 is 10.1 Å². The number of anilines is 1. The van der Waals surface area contributed by atoms with Gasteiger partial charge in [-0.1, -0.05) is 20.3 Å². The van der Waals surface area contributed by atoms with Gasteiger partial charge in [-0.15, -0.1) is 0 Å². The van der Waals surface area contributed by atoms with Gasteiger partial charge in [0, 0.05) is 23.9 Å². The zero-order valence-electron chi connectivity index (χ0n) is 13.0. The molecule has 0 bridgehead atoms. The zero-order chi connectivity index (χ0) is 15.4. The number of nitro groups is 1. The topological polar surface area (TPSA) is 64.4 Å². The lowest BCUT2D eigenvalue weighted by Crippen LogP contribution is -2.24. The van der Waals surface area contributed by atoms with Crippen molar-refractivity contribution >= 4 is 11.4 Å². The molecule has 0 aromatic heterocycles. The van der Waals surface area contributed by atoms with Crippen LogP contribution in [0.1, 0.15) is 40.0 Å². The summed E-state index contributed by atoms with van der Waals surface area (Å²) in [6.45, 7) is 6.86. The molecule has 0 saturated heterocycles. The summed E-state index contributed by atoms with van der Waals surface area (Å²) in [4.78, 5) is 10.7. The fraction of sp³-hybridized carbons (Fsp3) is 0.625. The van der Waals surface area contributed by atoms with Gasteiger partial charge in [0.25, 0.3) is 5.69 Å². The molecule has 0 amide bonds. The van der Waals surface area contributed by atoms with Gasteiger partial charge in [-0.2, -0.15) is 0 Å². The maximum absolute atomic E-state index is 11.0. The van der Waals surface area contributed by atoms with Crippen LogP contribution in [0.2, 0.25) is 0 Å². The molecule has 5 nitrogen and oxygen atoms in total. The lowest BCUT2D eigenvalue weighted by Gasteiger charge is -2.22. The molecule has 1 fully saturated rings. The standard InChI is InChI=1S/C16H24N2O3/c1-4-12-6-7-16(11(12)3)17-13-8-14(18(19)20)10-15(9-13)21-5-2/h8-12,16-17H,4-7H2,1-3H3. The molecule has 1 N–H and O–H groups in total. The average molecular weight is 292 g/mol. The van der Waals surface area contributed by atoms with Crippen LogP contribution in [0.3, 0.4) is 0 Å². The number of rotatable bonds is 6. The molecule has 0 heterocycles. The third-order valence-corrected chi connectivity index (χ3v) is 4.52. The summed E-state index contributed by atoms with van der Waals surface area (Å²) < 4.78 is 5.43. The van der Waals surface area contributed by atoms with Crippen molar-refractivity contribution in [3.63, 3.8) is 0 Å². The number of hydrogen-bond donors (Lipinski definition) is 1. The minimum absolute atomic E-state index is 0.0705. The smallest absolute Gasteiger partial charge is 0.275 e. The van der Waals surface area contributed by atoms with Crippen molar-refractivity contribution < 1.29 is 9.66 Å². The van der Waals surface area contributed by atoms with Gasteiger partial charge < -0.3 is 10.1 Å². The molecule has 0 spiro atoms. The Morgan fingerprint density at radius 3 is 2.67 bits per heavy atom. The van der Waals surface area contributed by atoms with Crippen LogP contribution in [0.4, 0.5) is 11.4 Å². The first kappa shape index (κ1) is 15.6. The molecule has 0 radical (unpaired) electrons. The molecular formula is C16H24N2O3. The Kier molecular flexibility index (Phi) is 5.04. The molecule has 2 rings (SSSR count). The second-order valence-electron chi connectivity index (χ2n) is 5.76. The van der Waals surface area contributed by atoms with Crippen LogP contribution in [-0.2, 0) is 0 Å². The monoisotopic (exact) mass is 292 g/mol. The molecule has 116 valence electrons. The van der Waals surface area contributed by atoms with E-state index in [2.05, 4.69) is 19.2 Å². The summed E-state index contributed by atoms with van der Waals surface area (Å²) in [5, 5.41) is 14.5. The molecular weight excluding hydrogens is 268 g/mol. The van der Waals surface area contributed by atoms with E-state index in [4.69, 9.17) is 4.74 Å². The molecule has 3 atom stereocenters. The van der Waals surface area contributed by atoms with Crippen LogP contribution >= 0.6 is 0 Å². The molecule has 5 heteroatoms. The van der Waals surface area contributed by atoms with Gasteiger partial charge >= 0.3 is 0 Å². The van der Waals surface area contributed by atoms with E-state index in [9.17, 15) is 10.1 Å². The molecule has 1 aromatic carbocycles. The predicted octanol–water partition coefficient (Wildman–Crippen LogP) is 4.23. The van der Waals surface area contributed by atoms with Gasteiger partial charge in [0.2, 0.25) is 0 Å². The third kappa shape index (κ3) is 3.65. The summed E-state index contributed by atoms with van der Waals surface area (Å²) in [5.74, 6) is 1.88. The molecule has 1 aliphatic carbocycles. The number of hydrogen-bond acceptors (Lipinski definition) is 4. The van der Waals surface area contributed by atoms with Crippen LogP contribution in [0.15, 0.2) is 18.2 Å². The van der Waals surface area contributed by atoms with E-state index in [-0.39, 0.29) is 10.6 Å². The van der Waals surface area contributed by atoms with Crippen molar-refractivity contribution in [2.45, 2.75) is 46.1 Å². The molecule has 0 aliphatic heterocycles. The van der Waals surface area contributed by atoms with Crippen molar-refractivity contribution in [1.29, 1.82) is 0 Å². The first-order valence-corrected chi connectivity index (χ1v) is 7.74. The van der Waals surface area contributed by atoms with E-state index >= 15 is 0 Å². The number of ether oxygens (including phenoxy) is 1. The Morgan fingerprint density at radius 2 is 2.10 bits per heavy atom. The fourth-order valence-electron chi connectivity index (χ4n) is 3.26. The van der Waals surface area contributed by atoms with Crippen molar-refractivity contribution in [3.05, 3.63) is 28.3 Å². The van der Waals surface area contributed by atoms with Gasteiger partial charge in [-0.25, -0.2) is 0 Å². The largest absolute Gasteiger partial charge is 0.494 e. The van der Waals surface area contributed by atoms with Crippen LogP contribution in [-0.4, -0.2) is 17.6 Å². The highest BCUT2D eigenvalue weighted by atomic mass is 16.6. The van der Waals surface area contributed by atoms with Gasteiger partial charge in [0.1, 0.15) is 5.75 Å². The highest BCUT2D eigenvalue weighted by Crippen LogP contribution is 2.36. The number of non-ortho nitro benzene ring substituents is 1. The number of nitrogens with zero attached hydrogens (tertiary/aromatic N) is 1. The number of benzene rings is 1. The first-order chi connectivity index (χ1) is 10.0. The second-order valence-corrected chi connectivity index (χ2v) is 5.76. The van der Waals surface area contributed by atoms with E-state index in [1.54, 1.807) is 6.07 Å². The SMILES string of the molecule is CCOc1cc(NC2CCC(CC)C2C)cc([N+](=O)[O-])c1. The van der Waals surface area contributed by atoms with Crippen LogP contribution in [0.5, 0.6) is 5.75 Å². The Bertz CT molecular complexity index is 504. The van der Waals surface area contributed by atoms with Crippen molar-refractivity contribution in [3.8, 4) is 5.75 Å². The Morgan fingerprint density at radius 1 is 1.33 bits per heavy atom. The summed E-state index contributed by atoms with van der Waals surface area (Å²) in [7, 11) is 0. The molecule has 3 unspecified atom stereocenters. The summed E-state index contributed by atoms with van der Waals surface area (Å²) in [6, 6.07) is 5.30. The first-order valence-electron chi connectivity index (χ1n) is 7.74. The van der Waals surface area contributed by atoms with Crippen LogP contribution in [0, 0.1) is 22.0 Å². The van der Waals surface area contributed by atoms with Gasteiger partial charge in [-0.05, 0) is 31.6 Å². The second kappa shape index (κ2) is 6.78. The normalized spacial score (nSPS) is 24.8. The van der Waals surface area contributed by atoms with E-state index in [1.165, 1.54) is 18.9 Å². The Labute approximate surface area is 125 Å². The summed E-state index contributed by atoms with van der Waals surface area (Å²) >= 11 is 0. The van der Waals surface area contributed by atoms with Crippen LogP contribution in [0.25, 0.3) is 0 Å². The minimum atomic E-state index is -0.374. The molecule has 1 aliphatic rings. The predicted molar refractivity (Wildman–Crippen MR) is 83.9 cm³/mol. The van der Waals surface area contributed by atoms with Gasteiger partial charge in [0.15, 0.2) is 0 Å². The quantitative estimate of drug-likeness (QED) is 0.629. The van der Waals surface area contributed by atoms with E-state index in [0.717, 1.165) is 18.0 Å². The van der Waals surface area contributed by atoms with Crippen molar-refractivity contribution in [2.24, 2.45) is 11.8 Å². The van der Waals surface area contributed by atoms with Crippen molar-refractivity contribution in [2.75, 3.05) is 11.9 Å². The maximum Gasteiger partial charge on any atom is 0.275 e. The summed E-state index contributed by atoms with van der Waals surface area (Å²) in [5.41, 5.74) is 0.849. The Hall–Kier alpha value is -1.78. The molecule has 21 heavy (non-hydrogen) atoms. The van der Waals surface area contributed by atoms with E-state index < -0.39 is 0 Å². The van der Waals surface area contributed by atoms with E-state index in [1.807, 2.05) is 13.0 Å². The van der Waals surface area contributed by atoms with Crippen molar-refractivity contribution in [1.82, 2.24) is 0 Å². The van der Waals surface area contributed by atoms with Gasteiger partial charge in [0.05, 0.1) is 17.6 Å². The highest BCUT2D eigenvalue weighted by Gasteiger charge is 2.31. The lowest BCUT2D eigenvalue weighted by molar-refractivity contribution is -0.384. The third-order valence-electron chi connectivity index (χ3n) is 4.52. The maximum atomic E-state index is 11.0. The fourth-order valence-corrected chi connectivity index (χ4v) is 3.26. The van der Waals surface area contributed by atoms with Gasteiger partial charge in [-0.3, -0.25) is 10.1 Å². The molecule has 1 saturated carbocycles. The minimum Gasteiger partial charge on any atom is -0.494 e. The van der Waals surface area contributed by atoms with E-state index in [0.29, 0.717) is 24.3 Å². The lowest BCUT2D eigenvalue weighted by atomic mass is 9.93. The molecule has 1 aromatic rings.